The number of halogens is 1. The Morgan fingerprint density at radius 1 is 0.944 bits per heavy atom. The van der Waals surface area contributed by atoms with Gasteiger partial charge in [-0.1, -0.05) is 51.9 Å². The van der Waals surface area contributed by atoms with Crippen molar-refractivity contribution in [2.75, 3.05) is 11.6 Å². The van der Waals surface area contributed by atoms with Gasteiger partial charge in [0.05, 0.1) is 5.60 Å². The zero-order valence-electron chi connectivity index (χ0n) is 12.5. The molecule has 0 N–H and O–H groups in total. The molecule has 3 heteroatoms. The minimum absolute atomic E-state index is 0.0143. The molecule has 0 aromatic carbocycles. The first kappa shape index (κ1) is 18.6. The molecule has 0 rings (SSSR count). The Hall–Kier alpha value is 0.600. The summed E-state index contributed by atoms with van der Waals surface area (Å²) in [5.74, 6) is 1.73. The molecule has 18 heavy (non-hydrogen) atoms. The number of rotatable bonds is 13. The Balaban J connectivity index is 3.34. The fourth-order valence-electron chi connectivity index (χ4n) is 1.86. The van der Waals surface area contributed by atoms with Crippen LogP contribution in [0.25, 0.3) is 0 Å². The maximum atomic E-state index is 5.83. The van der Waals surface area contributed by atoms with Crippen molar-refractivity contribution >= 4 is 23.6 Å². The van der Waals surface area contributed by atoms with Crippen molar-refractivity contribution in [2.24, 2.45) is 0 Å². The lowest BCUT2D eigenvalue weighted by atomic mass is 10.00. The van der Waals surface area contributed by atoms with Gasteiger partial charge in [0.1, 0.15) is 0 Å². The molecule has 0 aliphatic carbocycles. The summed E-state index contributed by atoms with van der Waals surface area (Å²) in [7, 11) is 0. The molecule has 0 aliphatic rings. The standard InChI is InChI=1S/C15H31ClOS/c1-4-5-6-7-8-9-10-12-15(2,3)17-18-14-11-13-16/h4-14H2,1-3H3. The van der Waals surface area contributed by atoms with Gasteiger partial charge in [0.15, 0.2) is 0 Å². The molecule has 0 unspecified atom stereocenters. The fourth-order valence-corrected chi connectivity index (χ4v) is 2.90. The van der Waals surface area contributed by atoms with E-state index in [1.165, 1.54) is 44.9 Å². The first-order chi connectivity index (χ1) is 8.62. The second kappa shape index (κ2) is 12.6. The highest BCUT2D eigenvalue weighted by Crippen LogP contribution is 2.25. The molecular formula is C15H31ClOS. The van der Waals surface area contributed by atoms with E-state index < -0.39 is 0 Å². The van der Waals surface area contributed by atoms with Crippen molar-refractivity contribution in [3.05, 3.63) is 0 Å². The third kappa shape index (κ3) is 13.0. The third-order valence-corrected chi connectivity index (χ3v) is 4.32. The lowest BCUT2D eigenvalue weighted by molar-refractivity contribution is 0.125. The summed E-state index contributed by atoms with van der Waals surface area (Å²) in [6, 6.07) is 0. The van der Waals surface area contributed by atoms with Crippen LogP contribution in [0.3, 0.4) is 0 Å². The molecule has 0 atom stereocenters. The predicted molar refractivity (Wildman–Crippen MR) is 85.6 cm³/mol. The topological polar surface area (TPSA) is 9.23 Å². The maximum Gasteiger partial charge on any atom is 0.0773 e. The van der Waals surface area contributed by atoms with E-state index in [1.807, 2.05) is 0 Å². The van der Waals surface area contributed by atoms with Crippen LogP contribution in [-0.2, 0) is 4.18 Å². The summed E-state index contributed by atoms with van der Waals surface area (Å²) in [5.41, 5.74) is 0.0143. The molecule has 1 nitrogen and oxygen atoms in total. The third-order valence-electron chi connectivity index (χ3n) is 3.03. The quantitative estimate of drug-likeness (QED) is 0.227. The van der Waals surface area contributed by atoms with Crippen molar-refractivity contribution in [1.82, 2.24) is 0 Å². The largest absolute Gasteiger partial charge is 0.309 e. The minimum Gasteiger partial charge on any atom is -0.309 e. The smallest absolute Gasteiger partial charge is 0.0773 e. The van der Waals surface area contributed by atoms with Gasteiger partial charge >= 0.3 is 0 Å². The van der Waals surface area contributed by atoms with Crippen LogP contribution >= 0.6 is 23.6 Å². The van der Waals surface area contributed by atoms with Gasteiger partial charge in [-0.05, 0) is 38.7 Å². The SMILES string of the molecule is CCCCCCCCCC(C)(C)OSCCCCl. The molecule has 0 radical (unpaired) electrons. The minimum atomic E-state index is 0.0143. The van der Waals surface area contributed by atoms with Crippen molar-refractivity contribution in [2.45, 2.75) is 84.2 Å². The van der Waals surface area contributed by atoms with E-state index in [2.05, 4.69) is 20.8 Å². The van der Waals surface area contributed by atoms with E-state index in [0.29, 0.717) is 0 Å². The Kier molecular flexibility index (Phi) is 13.0. The van der Waals surface area contributed by atoms with Crippen molar-refractivity contribution in [3.8, 4) is 0 Å². The Morgan fingerprint density at radius 3 is 2.17 bits per heavy atom. The van der Waals surface area contributed by atoms with Gasteiger partial charge in [0.25, 0.3) is 0 Å². The molecule has 0 saturated carbocycles. The second-order valence-corrected chi connectivity index (χ2v) is 6.77. The Labute approximate surface area is 124 Å². The monoisotopic (exact) mass is 294 g/mol. The van der Waals surface area contributed by atoms with E-state index in [0.717, 1.165) is 24.5 Å². The zero-order chi connectivity index (χ0) is 13.7. The van der Waals surface area contributed by atoms with Crippen molar-refractivity contribution in [3.63, 3.8) is 0 Å². The van der Waals surface area contributed by atoms with Gasteiger partial charge in [0.2, 0.25) is 0 Å². The van der Waals surface area contributed by atoms with Crippen LogP contribution in [0.1, 0.15) is 78.6 Å². The van der Waals surface area contributed by atoms with Crippen LogP contribution in [-0.4, -0.2) is 17.2 Å². The van der Waals surface area contributed by atoms with Crippen LogP contribution in [0.4, 0.5) is 0 Å². The first-order valence-electron chi connectivity index (χ1n) is 7.49. The molecule has 0 fully saturated rings. The van der Waals surface area contributed by atoms with E-state index >= 15 is 0 Å². The van der Waals surface area contributed by atoms with Crippen LogP contribution in [0.15, 0.2) is 0 Å². The highest BCUT2D eigenvalue weighted by atomic mass is 35.5. The molecule has 0 spiro atoms. The molecule has 0 aliphatic heterocycles. The number of unbranched alkanes of at least 4 members (excludes halogenated alkanes) is 6. The lowest BCUT2D eigenvalue weighted by Crippen LogP contribution is -2.21. The van der Waals surface area contributed by atoms with Gasteiger partial charge in [-0.15, -0.1) is 11.6 Å². The normalized spacial score (nSPS) is 12.0. The molecule has 0 aromatic heterocycles. The average molecular weight is 295 g/mol. The first-order valence-corrected chi connectivity index (χ1v) is 8.93. The maximum absolute atomic E-state index is 5.83. The Morgan fingerprint density at radius 2 is 1.56 bits per heavy atom. The van der Waals surface area contributed by atoms with Gasteiger partial charge in [-0.3, -0.25) is 0 Å². The summed E-state index contributed by atoms with van der Waals surface area (Å²) >= 11 is 7.21. The molecule has 0 bridgehead atoms. The molecule has 0 aromatic rings. The summed E-state index contributed by atoms with van der Waals surface area (Å²) in [5, 5.41) is 0. The summed E-state index contributed by atoms with van der Waals surface area (Å²) in [6.07, 6.45) is 11.7. The summed E-state index contributed by atoms with van der Waals surface area (Å²) in [4.78, 5) is 0. The number of hydrogen-bond donors (Lipinski definition) is 0. The molecule has 0 heterocycles. The van der Waals surface area contributed by atoms with E-state index in [-0.39, 0.29) is 5.60 Å². The average Bonchev–Trinajstić information content (AvgIpc) is 2.34. The number of alkyl halides is 1. The van der Waals surface area contributed by atoms with Crippen LogP contribution in [0, 0.1) is 0 Å². The van der Waals surface area contributed by atoms with Gasteiger partial charge in [-0.25, -0.2) is 0 Å². The van der Waals surface area contributed by atoms with Crippen molar-refractivity contribution < 1.29 is 4.18 Å². The predicted octanol–water partition coefficient (Wildman–Crippen LogP) is 6.20. The van der Waals surface area contributed by atoms with E-state index in [4.69, 9.17) is 15.8 Å². The van der Waals surface area contributed by atoms with Crippen LogP contribution in [0.2, 0.25) is 0 Å². The zero-order valence-corrected chi connectivity index (χ0v) is 14.0. The molecule has 0 saturated heterocycles. The lowest BCUT2D eigenvalue weighted by Gasteiger charge is -2.23. The summed E-state index contributed by atoms with van der Waals surface area (Å²) < 4.78 is 5.83. The van der Waals surface area contributed by atoms with Crippen LogP contribution < -0.4 is 0 Å². The number of hydrogen-bond acceptors (Lipinski definition) is 2. The molecular weight excluding hydrogens is 264 g/mol. The second-order valence-electron chi connectivity index (χ2n) is 5.58. The van der Waals surface area contributed by atoms with Crippen LogP contribution in [0.5, 0.6) is 0 Å². The van der Waals surface area contributed by atoms with E-state index in [1.54, 1.807) is 12.0 Å². The molecule has 0 amide bonds. The fraction of sp³-hybridized carbons (Fsp3) is 1.00. The highest BCUT2D eigenvalue weighted by molar-refractivity contribution is 7.94. The van der Waals surface area contributed by atoms with Crippen molar-refractivity contribution in [1.29, 1.82) is 0 Å². The van der Waals surface area contributed by atoms with E-state index in [9.17, 15) is 0 Å². The van der Waals surface area contributed by atoms with Gasteiger partial charge in [0, 0.05) is 11.6 Å². The van der Waals surface area contributed by atoms with Gasteiger partial charge < -0.3 is 4.18 Å². The highest BCUT2D eigenvalue weighted by Gasteiger charge is 2.18. The molecule has 110 valence electrons. The summed E-state index contributed by atoms with van der Waals surface area (Å²) in [6.45, 7) is 6.65. The Bertz CT molecular complexity index is 174. The van der Waals surface area contributed by atoms with Gasteiger partial charge in [-0.2, -0.15) is 0 Å².